The van der Waals surface area contributed by atoms with Gasteiger partial charge >= 0.3 is 6.18 Å². The number of anilines is 3. The van der Waals surface area contributed by atoms with E-state index in [1.54, 1.807) is 48.9 Å². The monoisotopic (exact) mass is 543 g/mol. The summed E-state index contributed by atoms with van der Waals surface area (Å²) in [7, 11) is 0. The number of halogens is 3. The van der Waals surface area contributed by atoms with E-state index in [2.05, 4.69) is 30.6 Å². The SMILES string of the molecule is Cc1ccc(C(=O)Nc2cc(-n3cnc(C=O)c3)cc(C(F)(F)F)c2)cc1Nc1nccc(-c2cccnc2)n1. The van der Waals surface area contributed by atoms with Crippen molar-refractivity contribution in [2.45, 2.75) is 13.1 Å². The van der Waals surface area contributed by atoms with Gasteiger partial charge in [0, 0.05) is 53.0 Å². The fourth-order valence-corrected chi connectivity index (χ4v) is 3.85. The molecule has 0 saturated heterocycles. The number of rotatable bonds is 7. The van der Waals surface area contributed by atoms with Crippen LogP contribution < -0.4 is 10.6 Å². The third-order valence-corrected chi connectivity index (χ3v) is 5.88. The van der Waals surface area contributed by atoms with Gasteiger partial charge in [-0.15, -0.1) is 0 Å². The Kier molecular flexibility index (Phi) is 7.06. The summed E-state index contributed by atoms with van der Waals surface area (Å²) >= 11 is 0. The van der Waals surface area contributed by atoms with E-state index in [1.165, 1.54) is 23.2 Å². The number of alkyl halides is 3. The largest absolute Gasteiger partial charge is 0.416 e. The molecule has 0 fully saturated rings. The van der Waals surface area contributed by atoms with E-state index >= 15 is 0 Å². The molecular weight excluding hydrogens is 523 g/mol. The molecule has 0 aliphatic heterocycles. The normalized spacial score (nSPS) is 11.2. The average molecular weight is 544 g/mol. The van der Waals surface area contributed by atoms with E-state index < -0.39 is 17.6 Å². The molecule has 12 heteroatoms. The van der Waals surface area contributed by atoms with Crippen molar-refractivity contribution in [2.24, 2.45) is 0 Å². The Balaban J connectivity index is 1.41. The summed E-state index contributed by atoms with van der Waals surface area (Å²) in [6, 6.07) is 13.3. The zero-order chi connectivity index (χ0) is 28.3. The summed E-state index contributed by atoms with van der Waals surface area (Å²) in [4.78, 5) is 40.7. The van der Waals surface area contributed by atoms with Crippen LogP contribution in [0.2, 0.25) is 0 Å². The molecule has 0 unspecified atom stereocenters. The molecule has 0 atom stereocenters. The van der Waals surface area contributed by atoms with Crippen molar-refractivity contribution in [1.29, 1.82) is 0 Å². The van der Waals surface area contributed by atoms with Crippen LogP contribution in [0.15, 0.2) is 85.7 Å². The molecule has 0 radical (unpaired) electrons. The Morgan fingerprint density at radius 3 is 2.60 bits per heavy atom. The van der Waals surface area contributed by atoms with Crippen LogP contribution >= 0.6 is 0 Å². The number of hydrogen-bond donors (Lipinski definition) is 2. The number of amides is 1. The molecule has 5 rings (SSSR count). The van der Waals surface area contributed by atoms with Gasteiger partial charge in [-0.2, -0.15) is 13.2 Å². The highest BCUT2D eigenvalue weighted by molar-refractivity contribution is 6.05. The minimum atomic E-state index is -4.67. The van der Waals surface area contributed by atoms with Gasteiger partial charge in [-0.3, -0.25) is 14.6 Å². The summed E-state index contributed by atoms with van der Waals surface area (Å²) in [5.74, 6) is -0.336. The molecule has 5 aromatic rings. The van der Waals surface area contributed by atoms with Crippen LogP contribution in [0.3, 0.4) is 0 Å². The van der Waals surface area contributed by atoms with Crippen LogP contribution in [-0.2, 0) is 6.18 Å². The van der Waals surface area contributed by atoms with Crippen molar-refractivity contribution >= 4 is 29.5 Å². The molecule has 0 saturated carbocycles. The minimum absolute atomic E-state index is 0.0534. The number of carbonyl (C=O) groups excluding carboxylic acids is 2. The molecule has 200 valence electrons. The third kappa shape index (κ3) is 5.85. The minimum Gasteiger partial charge on any atom is -0.324 e. The molecule has 40 heavy (non-hydrogen) atoms. The van der Waals surface area contributed by atoms with Crippen molar-refractivity contribution in [2.75, 3.05) is 10.6 Å². The summed E-state index contributed by atoms with van der Waals surface area (Å²) < 4.78 is 42.1. The van der Waals surface area contributed by atoms with Crippen molar-refractivity contribution < 1.29 is 22.8 Å². The number of benzene rings is 2. The molecule has 0 aliphatic rings. The van der Waals surface area contributed by atoms with Gasteiger partial charge in [0.15, 0.2) is 6.29 Å². The first-order valence-corrected chi connectivity index (χ1v) is 11.8. The summed E-state index contributed by atoms with van der Waals surface area (Å²) in [6.07, 6.45) is 3.24. The van der Waals surface area contributed by atoms with Gasteiger partial charge in [0.05, 0.1) is 11.3 Å². The van der Waals surface area contributed by atoms with Crippen LogP contribution in [0.5, 0.6) is 0 Å². The zero-order valence-electron chi connectivity index (χ0n) is 20.8. The van der Waals surface area contributed by atoms with E-state index in [9.17, 15) is 22.8 Å². The first-order valence-electron chi connectivity index (χ1n) is 11.8. The summed E-state index contributed by atoms with van der Waals surface area (Å²) in [6.45, 7) is 1.83. The number of aryl methyl sites for hydroxylation is 1. The molecular formula is C28H20F3N7O2. The van der Waals surface area contributed by atoms with Crippen molar-refractivity contribution in [3.63, 3.8) is 0 Å². The van der Waals surface area contributed by atoms with E-state index in [4.69, 9.17) is 0 Å². The average Bonchev–Trinajstić information content (AvgIpc) is 3.44. The third-order valence-electron chi connectivity index (χ3n) is 5.88. The van der Waals surface area contributed by atoms with E-state index in [1.807, 2.05) is 13.0 Å². The molecule has 9 nitrogen and oxygen atoms in total. The second-order valence-electron chi connectivity index (χ2n) is 8.71. The van der Waals surface area contributed by atoms with Crippen molar-refractivity contribution in [1.82, 2.24) is 24.5 Å². The number of pyridine rings is 1. The molecule has 2 aromatic carbocycles. The van der Waals surface area contributed by atoms with Crippen LogP contribution in [0.25, 0.3) is 16.9 Å². The lowest BCUT2D eigenvalue weighted by atomic mass is 10.1. The van der Waals surface area contributed by atoms with Gasteiger partial charge in [-0.05, 0) is 61.0 Å². The van der Waals surface area contributed by atoms with Gasteiger partial charge < -0.3 is 15.2 Å². The highest BCUT2D eigenvalue weighted by Crippen LogP contribution is 2.33. The van der Waals surface area contributed by atoms with Crippen molar-refractivity contribution in [3.05, 3.63) is 108 Å². The first kappa shape index (κ1) is 26.2. The quantitative estimate of drug-likeness (QED) is 0.247. The van der Waals surface area contributed by atoms with Crippen molar-refractivity contribution in [3.8, 4) is 16.9 Å². The smallest absolute Gasteiger partial charge is 0.324 e. The molecule has 0 bridgehead atoms. The maximum atomic E-state index is 13.6. The highest BCUT2D eigenvalue weighted by atomic mass is 19.4. The number of nitrogens with one attached hydrogen (secondary N) is 2. The Labute approximate surface area is 225 Å². The second-order valence-corrected chi connectivity index (χ2v) is 8.71. The van der Waals surface area contributed by atoms with Gasteiger partial charge in [-0.1, -0.05) is 6.07 Å². The number of carbonyl (C=O) groups is 2. The number of hydrogen-bond acceptors (Lipinski definition) is 7. The maximum absolute atomic E-state index is 13.6. The number of aromatic nitrogens is 5. The molecule has 3 aromatic heterocycles. The Morgan fingerprint density at radius 2 is 1.88 bits per heavy atom. The van der Waals surface area contributed by atoms with E-state index in [-0.39, 0.29) is 22.6 Å². The maximum Gasteiger partial charge on any atom is 0.416 e. The molecule has 3 heterocycles. The Morgan fingerprint density at radius 1 is 1.02 bits per heavy atom. The van der Waals surface area contributed by atoms with Crippen LogP contribution in [0.1, 0.15) is 32.0 Å². The summed E-state index contributed by atoms with van der Waals surface area (Å²) in [5, 5.41) is 5.63. The Hall–Kier alpha value is -5.39. The highest BCUT2D eigenvalue weighted by Gasteiger charge is 2.31. The topological polar surface area (TPSA) is 115 Å². The van der Waals surface area contributed by atoms with Crippen LogP contribution in [0.4, 0.5) is 30.5 Å². The number of aldehydes is 1. The fourth-order valence-electron chi connectivity index (χ4n) is 3.85. The van der Waals surface area contributed by atoms with Gasteiger partial charge in [0.1, 0.15) is 12.0 Å². The number of nitrogens with zero attached hydrogens (tertiary/aromatic N) is 5. The lowest BCUT2D eigenvalue weighted by molar-refractivity contribution is -0.137. The molecule has 0 spiro atoms. The standard InChI is InChI=1S/C28H20F3N7O2/c1-17-4-5-18(9-25(17)37-27-33-8-6-24(36-27)19-3-2-7-32-13-19)26(40)35-21-10-20(28(29,30)31)11-23(12-21)38-14-22(15-39)34-16-38/h2-16H,1H3,(H,35,40)(H,33,36,37). The van der Waals surface area contributed by atoms with E-state index in [0.29, 0.717) is 23.6 Å². The molecule has 0 aliphatic carbocycles. The summed E-state index contributed by atoms with van der Waals surface area (Å²) in [5.41, 5.74) is 2.05. The van der Waals surface area contributed by atoms with E-state index in [0.717, 1.165) is 23.3 Å². The van der Waals surface area contributed by atoms with Crippen LogP contribution in [0, 0.1) is 6.92 Å². The van der Waals surface area contributed by atoms with Gasteiger partial charge in [0.2, 0.25) is 5.95 Å². The molecule has 1 amide bonds. The molecule has 2 N–H and O–H groups in total. The second kappa shape index (κ2) is 10.8. The first-order chi connectivity index (χ1) is 19.2. The lowest BCUT2D eigenvalue weighted by Crippen LogP contribution is -2.14. The predicted octanol–water partition coefficient (Wildman–Crippen LogP) is 5.86. The predicted molar refractivity (Wildman–Crippen MR) is 142 cm³/mol. The van der Waals surface area contributed by atoms with Gasteiger partial charge in [0.25, 0.3) is 5.91 Å². The Bertz CT molecular complexity index is 1700. The van der Waals surface area contributed by atoms with Crippen LogP contribution in [-0.4, -0.2) is 36.7 Å². The number of imidazole rings is 1. The fraction of sp³-hybridized carbons (Fsp3) is 0.0714. The van der Waals surface area contributed by atoms with Gasteiger partial charge in [-0.25, -0.2) is 15.0 Å². The lowest BCUT2D eigenvalue weighted by Gasteiger charge is -2.14. The zero-order valence-corrected chi connectivity index (χ0v) is 20.8.